The van der Waals surface area contributed by atoms with E-state index in [-0.39, 0.29) is 0 Å². The van der Waals surface area contributed by atoms with Gasteiger partial charge >= 0.3 is 0 Å². The van der Waals surface area contributed by atoms with E-state index in [9.17, 15) is 4.79 Å². The zero-order chi connectivity index (χ0) is 13.0. The van der Waals surface area contributed by atoms with Crippen LogP contribution in [0.1, 0.15) is 42.6 Å². The second kappa shape index (κ2) is 6.14. The second-order valence-corrected chi connectivity index (χ2v) is 5.78. The minimum atomic E-state index is 0.300. The molecule has 1 atom stereocenters. The molecule has 0 radical (unpaired) electrons. The zero-order valence-corrected chi connectivity index (χ0v) is 11.4. The molecule has 1 aliphatic rings. The number of rotatable bonds is 5. The molecule has 1 fully saturated rings. The standard InChI is InChI=1S/C16H23NO/c1-12(2)8-13-4-3-5-15(9-13)16(18)10-14-6-7-17-11-14/h3-5,9,12,14,17H,6-8,10-11H2,1-2H3. The molecule has 0 saturated carbocycles. The van der Waals surface area contributed by atoms with Crippen LogP contribution >= 0.6 is 0 Å². The summed E-state index contributed by atoms with van der Waals surface area (Å²) < 4.78 is 0. The average Bonchev–Trinajstić information content (AvgIpc) is 2.81. The largest absolute Gasteiger partial charge is 0.316 e. The summed E-state index contributed by atoms with van der Waals surface area (Å²) in [5.41, 5.74) is 2.17. The van der Waals surface area contributed by atoms with E-state index in [1.54, 1.807) is 0 Å². The van der Waals surface area contributed by atoms with E-state index in [0.717, 1.165) is 31.5 Å². The van der Waals surface area contributed by atoms with E-state index in [4.69, 9.17) is 0 Å². The first-order valence-corrected chi connectivity index (χ1v) is 6.98. The molecule has 2 heteroatoms. The van der Waals surface area contributed by atoms with Gasteiger partial charge in [-0.15, -0.1) is 0 Å². The lowest BCUT2D eigenvalue weighted by atomic mass is 9.95. The summed E-state index contributed by atoms with van der Waals surface area (Å²) in [4.78, 5) is 12.2. The highest BCUT2D eigenvalue weighted by atomic mass is 16.1. The van der Waals surface area contributed by atoms with Gasteiger partial charge < -0.3 is 5.32 Å². The molecule has 2 nitrogen and oxygen atoms in total. The Morgan fingerprint density at radius 1 is 1.44 bits per heavy atom. The monoisotopic (exact) mass is 245 g/mol. The first-order valence-electron chi connectivity index (χ1n) is 6.98. The van der Waals surface area contributed by atoms with Crippen molar-refractivity contribution < 1.29 is 4.79 Å². The predicted octanol–water partition coefficient (Wildman–Crippen LogP) is 3.07. The molecular weight excluding hydrogens is 222 g/mol. The van der Waals surface area contributed by atoms with Crippen LogP contribution in [0.4, 0.5) is 0 Å². The molecule has 1 aromatic rings. The Hall–Kier alpha value is -1.15. The second-order valence-electron chi connectivity index (χ2n) is 5.78. The van der Waals surface area contributed by atoms with Crippen LogP contribution in [0.25, 0.3) is 0 Å². The third-order valence-corrected chi connectivity index (χ3v) is 3.53. The third-order valence-electron chi connectivity index (χ3n) is 3.53. The third kappa shape index (κ3) is 3.67. The highest BCUT2D eigenvalue weighted by Crippen LogP contribution is 2.17. The van der Waals surface area contributed by atoms with E-state index < -0.39 is 0 Å². The Bertz CT molecular complexity index is 405. The van der Waals surface area contributed by atoms with Gasteiger partial charge in [0.15, 0.2) is 5.78 Å². The van der Waals surface area contributed by atoms with Crippen molar-refractivity contribution in [3.63, 3.8) is 0 Å². The van der Waals surface area contributed by atoms with Gasteiger partial charge in [0.2, 0.25) is 0 Å². The minimum absolute atomic E-state index is 0.300. The molecule has 1 heterocycles. The van der Waals surface area contributed by atoms with Crippen molar-refractivity contribution in [1.82, 2.24) is 5.32 Å². The minimum Gasteiger partial charge on any atom is -0.316 e. The maximum Gasteiger partial charge on any atom is 0.163 e. The molecule has 0 amide bonds. The number of nitrogens with one attached hydrogen (secondary N) is 1. The predicted molar refractivity (Wildman–Crippen MR) is 74.9 cm³/mol. The van der Waals surface area contributed by atoms with Gasteiger partial charge in [0, 0.05) is 12.0 Å². The number of ketones is 1. The molecule has 18 heavy (non-hydrogen) atoms. The topological polar surface area (TPSA) is 29.1 Å². The molecule has 0 aliphatic carbocycles. The van der Waals surface area contributed by atoms with Crippen molar-refractivity contribution in [2.75, 3.05) is 13.1 Å². The summed E-state index contributed by atoms with van der Waals surface area (Å²) in [5.74, 6) is 1.47. The number of Topliss-reactive ketones (excluding diaryl/α,β-unsaturated/α-hetero) is 1. The summed E-state index contributed by atoms with van der Waals surface area (Å²) in [5, 5.41) is 3.31. The van der Waals surface area contributed by atoms with Crippen molar-refractivity contribution in [2.24, 2.45) is 11.8 Å². The van der Waals surface area contributed by atoms with Crippen LogP contribution in [0.15, 0.2) is 24.3 Å². The van der Waals surface area contributed by atoms with Crippen molar-refractivity contribution in [3.8, 4) is 0 Å². The lowest BCUT2D eigenvalue weighted by Gasteiger charge is -2.09. The number of carbonyl (C=O) groups excluding carboxylic acids is 1. The van der Waals surface area contributed by atoms with E-state index >= 15 is 0 Å². The first-order chi connectivity index (χ1) is 8.65. The molecule has 1 N–H and O–H groups in total. The Morgan fingerprint density at radius 3 is 2.94 bits per heavy atom. The first kappa shape index (κ1) is 13.3. The summed E-state index contributed by atoms with van der Waals surface area (Å²) in [7, 11) is 0. The highest BCUT2D eigenvalue weighted by molar-refractivity contribution is 5.96. The van der Waals surface area contributed by atoms with Crippen LogP contribution in [0.3, 0.4) is 0 Å². The number of hydrogen-bond acceptors (Lipinski definition) is 2. The van der Waals surface area contributed by atoms with Crippen LogP contribution < -0.4 is 5.32 Å². The molecule has 98 valence electrons. The molecule has 1 aliphatic heterocycles. The maximum absolute atomic E-state index is 12.2. The molecule has 0 bridgehead atoms. The van der Waals surface area contributed by atoms with E-state index in [2.05, 4.69) is 31.3 Å². The van der Waals surface area contributed by atoms with Crippen LogP contribution in [0.5, 0.6) is 0 Å². The van der Waals surface area contributed by atoms with Gasteiger partial charge in [-0.1, -0.05) is 32.0 Å². The van der Waals surface area contributed by atoms with Gasteiger partial charge in [-0.2, -0.15) is 0 Å². The lowest BCUT2D eigenvalue weighted by molar-refractivity contribution is 0.0964. The van der Waals surface area contributed by atoms with Gasteiger partial charge in [-0.05, 0) is 49.4 Å². The average molecular weight is 245 g/mol. The fourth-order valence-corrected chi connectivity index (χ4v) is 2.61. The van der Waals surface area contributed by atoms with Gasteiger partial charge in [-0.25, -0.2) is 0 Å². The molecule has 1 unspecified atom stereocenters. The van der Waals surface area contributed by atoms with Gasteiger partial charge in [0.25, 0.3) is 0 Å². The van der Waals surface area contributed by atoms with Gasteiger partial charge in [-0.3, -0.25) is 4.79 Å². The van der Waals surface area contributed by atoms with Crippen molar-refractivity contribution in [1.29, 1.82) is 0 Å². The van der Waals surface area contributed by atoms with Crippen molar-refractivity contribution >= 4 is 5.78 Å². The maximum atomic E-state index is 12.2. The molecule has 1 saturated heterocycles. The zero-order valence-electron chi connectivity index (χ0n) is 11.4. The van der Waals surface area contributed by atoms with Crippen LogP contribution in [0.2, 0.25) is 0 Å². The molecular formula is C16H23NO. The Balaban J connectivity index is 2.00. The molecule has 2 rings (SSSR count). The number of hydrogen-bond donors (Lipinski definition) is 1. The smallest absolute Gasteiger partial charge is 0.163 e. The SMILES string of the molecule is CC(C)Cc1cccc(C(=O)CC2CCNC2)c1. The molecule has 0 aromatic heterocycles. The number of benzene rings is 1. The summed E-state index contributed by atoms with van der Waals surface area (Å²) in [6.45, 7) is 6.47. The summed E-state index contributed by atoms with van der Waals surface area (Å²) in [6.07, 6.45) is 2.88. The Kier molecular flexibility index (Phi) is 4.54. The van der Waals surface area contributed by atoms with Crippen LogP contribution in [0, 0.1) is 11.8 Å². The highest BCUT2D eigenvalue weighted by Gasteiger charge is 2.19. The number of carbonyl (C=O) groups is 1. The van der Waals surface area contributed by atoms with Crippen LogP contribution in [-0.4, -0.2) is 18.9 Å². The normalized spacial score (nSPS) is 19.4. The Labute approximate surface area is 110 Å². The van der Waals surface area contributed by atoms with Crippen molar-refractivity contribution in [2.45, 2.75) is 33.1 Å². The molecule has 1 aromatic carbocycles. The summed E-state index contributed by atoms with van der Waals surface area (Å²) in [6, 6.07) is 8.16. The Morgan fingerprint density at radius 2 is 2.28 bits per heavy atom. The molecule has 0 spiro atoms. The quantitative estimate of drug-likeness (QED) is 0.808. The summed E-state index contributed by atoms with van der Waals surface area (Å²) >= 11 is 0. The van der Waals surface area contributed by atoms with E-state index in [0.29, 0.717) is 24.0 Å². The fraction of sp³-hybridized carbons (Fsp3) is 0.562. The van der Waals surface area contributed by atoms with Crippen LogP contribution in [-0.2, 0) is 6.42 Å². The van der Waals surface area contributed by atoms with Gasteiger partial charge in [0.1, 0.15) is 0 Å². The lowest BCUT2D eigenvalue weighted by Crippen LogP contribution is -2.13. The van der Waals surface area contributed by atoms with E-state index in [1.807, 2.05) is 12.1 Å². The van der Waals surface area contributed by atoms with Gasteiger partial charge in [0.05, 0.1) is 0 Å². The van der Waals surface area contributed by atoms with E-state index in [1.165, 1.54) is 5.56 Å². The fourth-order valence-electron chi connectivity index (χ4n) is 2.61. The van der Waals surface area contributed by atoms with Crippen molar-refractivity contribution in [3.05, 3.63) is 35.4 Å².